The maximum absolute atomic E-state index is 13.5. The van der Waals surface area contributed by atoms with Crippen molar-refractivity contribution in [2.24, 2.45) is 5.92 Å². The highest BCUT2D eigenvalue weighted by atomic mass is 35.5. The molecule has 1 aliphatic heterocycles. The molecule has 3 atom stereocenters. The van der Waals surface area contributed by atoms with Crippen molar-refractivity contribution in [2.45, 2.75) is 37.8 Å². The zero-order valence-corrected chi connectivity index (χ0v) is 18.5. The van der Waals surface area contributed by atoms with Crippen molar-refractivity contribution in [1.82, 2.24) is 10.3 Å². The number of fused-ring (bicyclic) bond motifs is 2. The Kier molecular flexibility index (Phi) is 5.57. The van der Waals surface area contributed by atoms with Crippen LogP contribution >= 0.6 is 11.6 Å². The summed E-state index contributed by atoms with van der Waals surface area (Å²) in [5.74, 6) is -0.267. The summed E-state index contributed by atoms with van der Waals surface area (Å²) < 4.78 is 5.36. The summed E-state index contributed by atoms with van der Waals surface area (Å²) in [6.07, 6.45) is 5.50. The smallest absolute Gasteiger partial charge is 0.329 e. The van der Waals surface area contributed by atoms with E-state index in [1.807, 2.05) is 42.5 Å². The van der Waals surface area contributed by atoms with Crippen LogP contribution in [0.4, 0.5) is 10.5 Å². The number of nitrogens with zero attached hydrogens (tertiary/aromatic N) is 2. The largest absolute Gasteiger partial charge is 0.380 e. The van der Waals surface area contributed by atoms with Crippen LogP contribution < -0.4 is 10.2 Å². The third-order valence-corrected chi connectivity index (χ3v) is 6.97. The molecule has 1 aromatic heterocycles. The number of urea groups is 1. The number of anilines is 1. The molecule has 5 rings (SSSR count). The Morgan fingerprint density at radius 2 is 1.97 bits per heavy atom. The van der Waals surface area contributed by atoms with E-state index in [1.165, 1.54) is 4.90 Å². The van der Waals surface area contributed by atoms with Gasteiger partial charge in [-0.3, -0.25) is 9.78 Å². The molecule has 2 aliphatic rings. The van der Waals surface area contributed by atoms with Crippen LogP contribution in [-0.4, -0.2) is 30.1 Å². The van der Waals surface area contributed by atoms with Crippen molar-refractivity contribution in [2.75, 3.05) is 12.0 Å². The van der Waals surface area contributed by atoms with Crippen LogP contribution in [0.1, 0.15) is 36.3 Å². The Morgan fingerprint density at radius 1 is 1.12 bits per heavy atom. The highest BCUT2D eigenvalue weighted by Crippen LogP contribution is 2.43. The van der Waals surface area contributed by atoms with E-state index in [0.29, 0.717) is 30.2 Å². The summed E-state index contributed by atoms with van der Waals surface area (Å²) in [4.78, 5) is 32.1. The van der Waals surface area contributed by atoms with Crippen LogP contribution in [0.15, 0.2) is 54.9 Å². The van der Waals surface area contributed by atoms with Gasteiger partial charge in [0.2, 0.25) is 5.91 Å². The van der Waals surface area contributed by atoms with Crippen molar-refractivity contribution in [3.63, 3.8) is 0 Å². The zero-order valence-electron chi connectivity index (χ0n) is 17.8. The van der Waals surface area contributed by atoms with Crippen LogP contribution in [0, 0.1) is 5.92 Å². The number of benzene rings is 2. The summed E-state index contributed by atoms with van der Waals surface area (Å²) in [7, 11) is 1.67. The first-order valence-corrected chi connectivity index (χ1v) is 11.2. The van der Waals surface area contributed by atoms with Gasteiger partial charge in [0.05, 0.1) is 24.4 Å². The number of carbonyl (C=O) groups excluding carboxylic acids is 2. The van der Waals surface area contributed by atoms with E-state index in [1.54, 1.807) is 19.5 Å². The highest BCUT2D eigenvalue weighted by Gasteiger charge is 2.45. The molecular weight excluding hydrogens is 426 g/mol. The van der Waals surface area contributed by atoms with Gasteiger partial charge < -0.3 is 10.1 Å². The molecule has 1 saturated heterocycles. The number of amides is 3. The molecule has 1 N–H and O–H groups in total. The summed E-state index contributed by atoms with van der Waals surface area (Å²) >= 11 is 6.56. The first-order chi connectivity index (χ1) is 15.6. The molecule has 3 unspecified atom stereocenters. The summed E-state index contributed by atoms with van der Waals surface area (Å²) in [6, 6.07) is 12.9. The fraction of sp³-hybridized carbons (Fsp3) is 0.320. The van der Waals surface area contributed by atoms with Crippen molar-refractivity contribution in [1.29, 1.82) is 0 Å². The average molecular weight is 450 g/mol. The van der Waals surface area contributed by atoms with E-state index in [9.17, 15) is 9.59 Å². The van der Waals surface area contributed by atoms with Gasteiger partial charge in [-0.2, -0.15) is 0 Å². The van der Waals surface area contributed by atoms with E-state index in [4.69, 9.17) is 16.3 Å². The number of rotatable bonds is 4. The number of ether oxygens (including phenoxy) is 1. The third kappa shape index (κ3) is 3.53. The van der Waals surface area contributed by atoms with Crippen LogP contribution in [0.5, 0.6) is 0 Å². The number of imide groups is 1. The fourth-order valence-corrected chi connectivity index (χ4v) is 5.55. The van der Waals surface area contributed by atoms with Crippen LogP contribution in [-0.2, 0) is 16.1 Å². The molecule has 2 aromatic carbocycles. The predicted octanol–water partition coefficient (Wildman–Crippen LogP) is 5.04. The van der Waals surface area contributed by atoms with Gasteiger partial charge in [0.25, 0.3) is 0 Å². The van der Waals surface area contributed by atoms with E-state index in [2.05, 4.69) is 10.3 Å². The molecule has 3 aromatic rings. The second-order valence-electron chi connectivity index (χ2n) is 8.47. The molecule has 164 valence electrons. The van der Waals surface area contributed by atoms with Crippen molar-refractivity contribution in [3.05, 3.63) is 71.0 Å². The fourth-order valence-electron chi connectivity index (χ4n) is 5.20. The van der Waals surface area contributed by atoms with Crippen molar-refractivity contribution in [3.8, 4) is 0 Å². The van der Waals surface area contributed by atoms with E-state index in [0.717, 1.165) is 28.3 Å². The monoisotopic (exact) mass is 449 g/mol. The molecule has 0 radical (unpaired) electrons. The number of halogens is 1. The molecule has 7 heteroatoms. The molecule has 2 fully saturated rings. The van der Waals surface area contributed by atoms with E-state index in [-0.39, 0.29) is 23.8 Å². The Hall–Kier alpha value is -2.96. The van der Waals surface area contributed by atoms with E-state index >= 15 is 0 Å². The number of hydrogen-bond donors (Lipinski definition) is 1. The number of pyridine rings is 1. The molecule has 1 aliphatic carbocycles. The van der Waals surface area contributed by atoms with Crippen molar-refractivity contribution >= 4 is 40.0 Å². The van der Waals surface area contributed by atoms with Gasteiger partial charge in [-0.05, 0) is 42.4 Å². The quantitative estimate of drug-likeness (QED) is 0.605. The van der Waals surface area contributed by atoms with Gasteiger partial charge >= 0.3 is 6.03 Å². The lowest BCUT2D eigenvalue weighted by Gasteiger charge is -2.43. The molecular formula is C25H24ClN3O3. The minimum absolute atomic E-state index is 0.161. The molecule has 32 heavy (non-hydrogen) atoms. The first-order valence-electron chi connectivity index (χ1n) is 10.8. The predicted molar refractivity (Wildman–Crippen MR) is 124 cm³/mol. The maximum Gasteiger partial charge on any atom is 0.329 e. The SMILES string of the molecule is COCc1cccc(Cl)c1C1CCC2C(=O)N(c3cncc4ccccc34)C(=O)NC2C1. The minimum atomic E-state index is -0.397. The number of aromatic nitrogens is 1. The Labute approximate surface area is 191 Å². The standard InChI is InChI=1S/C25H24ClN3O3/c1-32-14-17-6-4-8-20(26)23(17)15-9-10-19-21(11-15)28-25(31)29(24(19)30)22-13-27-12-16-5-2-3-7-18(16)22/h2-8,12-13,15,19,21H,9-11,14H2,1H3,(H,28,31). The molecule has 2 heterocycles. The summed E-state index contributed by atoms with van der Waals surface area (Å²) in [5.41, 5.74) is 2.65. The molecule has 0 bridgehead atoms. The molecule has 1 saturated carbocycles. The number of carbonyl (C=O) groups is 2. The van der Waals surface area contributed by atoms with Crippen LogP contribution in [0.3, 0.4) is 0 Å². The Bertz CT molecular complexity index is 1190. The lowest BCUT2D eigenvalue weighted by atomic mass is 9.73. The van der Waals surface area contributed by atoms with Gasteiger partial charge in [-0.1, -0.05) is 48.0 Å². The number of nitrogens with one attached hydrogen (secondary N) is 1. The van der Waals surface area contributed by atoms with Crippen molar-refractivity contribution < 1.29 is 14.3 Å². The van der Waals surface area contributed by atoms with Gasteiger partial charge in [0.1, 0.15) is 0 Å². The molecule has 3 amide bonds. The highest BCUT2D eigenvalue weighted by molar-refractivity contribution is 6.31. The van der Waals surface area contributed by atoms with Crippen LogP contribution in [0.2, 0.25) is 5.02 Å². The number of methoxy groups -OCH3 is 1. The topological polar surface area (TPSA) is 71.5 Å². The van der Waals surface area contributed by atoms with Crippen LogP contribution in [0.25, 0.3) is 10.8 Å². The molecule has 0 spiro atoms. The molecule has 6 nitrogen and oxygen atoms in total. The minimum Gasteiger partial charge on any atom is -0.380 e. The first kappa shape index (κ1) is 20.9. The normalized spacial score (nSPS) is 23.2. The lowest BCUT2D eigenvalue weighted by molar-refractivity contribution is -0.124. The second-order valence-corrected chi connectivity index (χ2v) is 8.88. The Balaban J connectivity index is 1.43. The maximum atomic E-state index is 13.5. The van der Waals surface area contributed by atoms with Gasteiger partial charge in [0, 0.05) is 35.1 Å². The number of hydrogen-bond acceptors (Lipinski definition) is 4. The Morgan fingerprint density at radius 3 is 2.81 bits per heavy atom. The average Bonchev–Trinajstić information content (AvgIpc) is 2.79. The zero-order chi connectivity index (χ0) is 22.2. The third-order valence-electron chi connectivity index (χ3n) is 6.64. The van der Waals surface area contributed by atoms with Gasteiger partial charge in [0.15, 0.2) is 0 Å². The summed E-state index contributed by atoms with van der Waals surface area (Å²) in [6.45, 7) is 0.480. The second kappa shape index (κ2) is 8.52. The summed E-state index contributed by atoms with van der Waals surface area (Å²) in [5, 5.41) is 5.53. The lowest BCUT2D eigenvalue weighted by Crippen LogP contribution is -2.61. The van der Waals surface area contributed by atoms with E-state index < -0.39 is 6.03 Å². The van der Waals surface area contributed by atoms with Gasteiger partial charge in [-0.25, -0.2) is 9.69 Å². The van der Waals surface area contributed by atoms with Gasteiger partial charge in [-0.15, -0.1) is 0 Å².